The standard InChI is InChI=1S/C12H16Cl2N2O2S.ClH/c1-8-6-16(7-9(2)15-8)19(17,18)12-5-10(13)3-4-11(12)14;/h3-5,8-9,15H,6-7H2,1-2H3;1H. The number of sulfonamides is 1. The van der Waals surface area contributed by atoms with Crippen molar-refractivity contribution in [2.45, 2.75) is 30.8 Å². The van der Waals surface area contributed by atoms with Crippen molar-refractivity contribution >= 4 is 45.6 Å². The normalized spacial score (nSPS) is 24.2. The second kappa shape index (κ2) is 6.81. The van der Waals surface area contributed by atoms with Gasteiger partial charge < -0.3 is 5.32 Å². The number of halogens is 3. The molecule has 1 aliphatic rings. The Kier molecular flexibility index (Phi) is 6.14. The maximum atomic E-state index is 12.6. The number of benzene rings is 1. The Balaban J connectivity index is 0.00000200. The van der Waals surface area contributed by atoms with Crippen LogP contribution in [-0.2, 0) is 10.0 Å². The summed E-state index contributed by atoms with van der Waals surface area (Å²) < 4.78 is 26.7. The summed E-state index contributed by atoms with van der Waals surface area (Å²) in [7, 11) is -3.60. The summed E-state index contributed by atoms with van der Waals surface area (Å²) in [4.78, 5) is 0.0722. The van der Waals surface area contributed by atoms with Crippen LogP contribution in [0.5, 0.6) is 0 Å². The summed E-state index contributed by atoms with van der Waals surface area (Å²) in [5.41, 5.74) is 0. The van der Waals surface area contributed by atoms with E-state index in [1.807, 2.05) is 13.8 Å². The van der Waals surface area contributed by atoms with Gasteiger partial charge in [0.15, 0.2) is 0 Å². The SMILES string of the molecule is CC1CN(S(=O)(=O)c2cc(Cl)ccc2Cl)CC(C)N1.Cl. The predicted octanol–water partition coefficient (Wildman–Crippen LogP) is 2.79. The van der Waals surface area contributed by atoms with Gasteiger partial charge in [-0.3, -0.25) is 0 Å². The lowest BCUT2D eigenvalue weighted by Crippen LogP contribution is -2.55. The maximum Gasteiger partial charge on any atom is 0.244 e. The van der Waals surface area contributed by atoms with Gasteiger partial charge in [0.2, 0.25) is 10.0 Å². The molecule has 1 aromatic rings. The maximum absolute atomic E-state index is 12.6. The first-order chi connectivity index (χ1) is 8.80. The second-order valence-electron chi connectivity index (χ2n) is 4.87. The molecule has 1 N–H and O–H groups in total. The summed E-state index contributed by atoms with van der Waals surface area (Å²) in [6.07, 6.45) is 0. The Labute approximate surface area is 135 Å². The van der Waals surface area contributed by atoms with Crippen molar-refractivity contribution in [1.29, 1.82) is 0 Å². The summed E-state index contributed by atoms with van der Waals surface area (Å²) in [5.74, 6) is 0. The van der Waals surface area contributed by atoms with Crippen LogP contribution in [0.25, 0.3) is 0 Å². The van der Waals surface area contributed by atoms with Gasteiger partial charge >= 0.3 is 0 Å². The summed E-state index contributed by atoms with van der Waals surface area (Å²) >= 11 is 11.9. The molecule has 1 heterocycles. The molecule has 1 saturated heterocycles. The smallest absolute Gasteiger partial charge is 0.244 e. The fourth-order valence-electron chi connectivity index (χ4n) is 2.29. The Morgan fingerprint density at radius 2 is 1.75 bits per heavy atom. The summed E-state index contributed by atoms with van der Waals surface area (Å²) in [5, 5.41) is 3.85. The summed E-state index contributed by atoms with van der Waals surface area (Å²) in [6.45, 7) is 4.76. The molecular formula is C12H17Cl3N2O2S. The van der Waals surface area contributed by atoms with Crippen molar-refractivity contribution in [2.75, 3.05) is 13.1 Å². The van der Waals surface area contributed by atoms with Crippen molar-refractivity contribution in [1.82, 2.24) is 9.62 Å². The van der Waals surface area contributed by atoms with Crippen LogP contribution in [0.4, 0.5) is 0 Å². The van der Waals surface area contributed by atoms with E-state index in [-0.39, 0.29) is 34.4 Å². The van der Waals surface area contributed by atoms with Gasteiger partial charge in [-0.2, -0.15) is 4.31 Å². The molecule has 4 nitrogen and oxygen atoms in total. The molecule has 0 bridgehead atoms. The number of nitrogens with zero attached hydrogens (tertiary/aromatic N) is 1. The van der Waals surface area contributed by atoms with E-state index >= 15 is 0 Å². The van der Waals surface area contributed by atoms with Crippen LogP contribution < -0.4 is 5.32 Å². The minimum Gasteiger partial charge on any atom is -0.309 e. The van der Waals surface area contributed by atoms with Gasteiger partial charge in [-0.25, -0.2) is 8.42 Å². The number of piperazine rings is 1. The molecule has 8 heteroatoms. The first kappa shape index (κ1) is 18.0. The molecule has 2 rings (SSSR count). The Morgan fingerprint density at radius 3 is 2.30 bits per heavy atom. The average molecular weight is 360 g/mol. The first-order valence-corrected chi connectivity index (χ1v) is 8.21. The van der Waals surface area contributed by atoms with E-state index in [0.29, 0.717) is 18.1 Å². The van der Waals surface area contributed by atoms with Gasteiger partial charge in [-0.05, 0) is 32.0 Å². The third kappa shape index (κ3) is 3.78. The van der Waals surface area contributed by atoms with Crippen molar-refractivity contribution < 1.29 is 8.42 Å². The number of rotatable bonds is 2. The van der Waals surface area contributed by atoms with Crippen molar-refractivity contribution in [3.63, 3.8) is 0 Å². The highest BCUT2D eigenvalue weighted by molar-refractivity contribution is 7.89. The highest BCUT2D eigenvalue weighted by Crippen LogP contribution is 2.28. The van der Waals surface area contributed by atoms with Crippen molar-refractivity contribution in [3.05, 3.63) is 28.2 Å². The molecule has 1 fully saturated rings. The molecule has 1 aliphatic heterocycles. The molecule has 0 spiro atoms. The van der Waals surface area contributed by atoms with Gasteiger partial charge in [0.1, 0.15) is 4.90 Å². The van der Waals surface area contributed by atoms with E-state index in [2.05, 4.69) is 5.32 Å². The van der Waals surface area contributed by atoms with E-state index in [0.717, 1.165) is 0 Å². The van der Waals surface area contributed by atoms with Gasteiger partial charge in [0.05, 0.1) is 5.02 Å². The molecule has 0 aliphatic carbocycles. The molecule has 114 valence electrons. The highest BCUT2D eigenvalue weighted by atomic mass is 35.5. The largest absolute Gasteiger partial charge is 0.309 e. The lowest BCUT2D eigenvalue weighted by Gasteiger charge is -2.35. The number of hydrogen-bond donors (Lipinski definition) is 1. The third-order valence-electron chi connectivity index (χ3n) is 3.04. The molecule has 20 heavy (non-hydrogen) atoms. The highest BCUT2D eigenvalue weighted by Gasteiger charge is 2.32. The van der Waals surface area contributed by atoms with E-state index in [9.17, 15) is 8.42 Å². The van der Waals surface area contributed by atoms with Crippen LogP contribution in [-0.4, -0.2) is 37.9 Å². The van der Waals surface area contributed by atoms with Crippen molar-refractivity contribution in [3.8, 4) is 0 Å². The van der Waals surface area contributed by atoms with E-state index in [1.54, 1.807) is 6.07 Å². The Morgan fingerprint density at radius 1 is 1.20 bits per heavy atom. The lowest BCUT2D eigenvalue weighted by atomic mass is 10.2. The molecular weight excluding hydrogens is 343 g/mol. The molecule has 2 unspecified atom stereocenters. The second-order valence-corrected chi connectivity index (χ2v) is 7.62. The molecule has 1 aromatic carbocycles. The monoisotopic (exact) mass is 358 g/mol. The first-order valence-electron chi connectivity index (χ1n) is 6.02. The molecule has 0 amide bonds. The zero-order chi connectivity index (χ0) is 14.2. The fourth-order valence-corrected chi connectivity index (χ4v) is 4.64. The average Bonchev–Trinajstić information content (AvgIpc) is 2.31. The fraction of sp³-hybridized carbons (Fsp3) is 0.500. The number of hydrogen-bond acceptors (Lipinski definition) is 3. The van der Waals surface area contributed by atoms with E-state index < -0.39 is 10.0 Å². The van der Waals surface area contributed by atoms with Gasteiger partial charge in [0, 0.05) is 30.2 Å². The van der Waals surface area contributed by atoms with Crippen LogP contribution in [0, 0.1) is 0 Å². The van der Waals surface area contributed by atoms with Crippen LogP contribution in [0.1, 0.15) is 13.8 Å². The van der Waals surface area contributed by atoms with Crippen molar-refractivity contribution in [2.24, 2.45) is 0 Å². The van der Waals surface area contributed by atoms with Crippen LogP contribution in [0.2, 0.25) is 10.0 Å². The quantitative estimate of drug-likeness (QED) is 0.883. The third-order valence-corrected chi connectivity index (χ3v) is 5.58. The molecule has 0 aromatic heterocycles. The van der Waals surface area contributed by atoms with Crippen LogP contribution >= 0.6 is 35.6 Å². The minimum atomic E-state index is -3.60. The minimum absolute atomic E-state index is 0. The van der Waals surface area contributed by atoms with Gasteiger partial charge in [-0.15, -0.1) is 12.4 Å². The molecule has 2 atom stereocenters. The Bertz CT molecular complexity index is 570. The predicted molar refractivity (Wildman–Crippen MR) is 84.5 cm³/mol. The summed E-state index contributed by atoms with van der Waals surface area (Å²) in [6, 6.07) is 4.70. The van der Waals surface area contributed by atoms with Crippen LogP contribution in [0.3, 0.4) is 0 Å². The zero-order valence-corrected chi connectivity index (χ0v) is 14.3. The lowest BCUT2D eigenvalue weighted by molar-refractivity contribution is 0.263. The van der Waals surface area contributed by atoms with E-state index in [4.69, 9.17) is 23.2 Å². The Hall–Kier alpha value is -0.0400. The molecule has 0 radical (unpaired) electrons. The van der Waals surface area contributed by atoms with Gasteiger partial charge in [0.25, 0.3) is 0 Å². The van der Waals surface area contributed by atoms with Crippen LogP contribution in [0.15, 0.2) is 23.1 Å². The number of nitrogens with one attached hydrogen (secondary N) is 1. The zero-order valence-electron chi connectivity index (χ0n) is 11.1. The van der Waals surface area contributed by atoms with E-state index in [1.165, 1.54) is 16.4 Å². The van der Waals surface area contributed by atoms with Gasteiger partial charge in [-0.1, -0.05) is 23.2 Å². The molecule has 0 saturated carbocycles. The topological polar surface area (TPSA) is 49.4 Å².